The van der Waals surface area contributed by atoms with E-state index in [-0.39, 0.29) is 11.9 Å². The Balaban J connectivity index is 1.86. The predicted molar refractivity (Wildman–Crippen MR) is 73.3 cm³/mol. The molecule has 2 rings (SSSR count). The van der Waals surface area contributed by atoms with E-state index in [4.69, 9.17) is 0 Å². The van der Waals surface area contributed by atoms with Crippen LogP contribution in [-0.4, -0.2) is 69.1 Å². The molecule has 110 valence electrons. The summed E-state index contributed by atoms with van der Waals surface area (Å²) in [5.41, 5.74) is 0. The maximum atomic E-state index is 12.0. The third kappa shape index (κ3) is 4.43. The van der Waals surface area contributed by atoms with Crippen molar-refractivity contribution < 1.29 is 13.2 Å². The van der Waals surface area contributed by atoms with Crippen LogP contribution in [0.2, 0.25) is 0 Å². The van der Waals surface area contributed by atoms with Gasteiger partial charge in [0.1, 0.15) is 0 Å². The number of carbonyl (C=O) groups is 1. The lowest BCUT2D eigenvalue weighted by molar-refractivity contribution is -0.136. The molecule has 0 aromatic carbocycles. The van der Waals surface area contributed by atoms with Crippen LogP contribution in [-0.2, 0) is 14.8 Å². The molecular weight excluding hydrogens is 266 g/mol. The van der Waals surface area contributed by atoms with Gasteiger partial charge in [0.05, 0.1) is 12.8 Å². The standard InChI is InChI=1S/C12H23N3O3S/c1-19(17,18)13-9-11-5-2-3-6-15(11)10-12(16)14-7-4-8-14/h11,13H,2-10H2,1H3. The Bertz CT molecular complexity index is 420. The van der Waals surface area contributed by atoms with Gasteiger partial charge in [0.25, 0.3) is 0 Å². The first-order valence-corrected chi connectivity index (χ1v) is 8.81. The Morgan fingerprint density at radius 1 is 1.21 bits per heavy atom. The number of sulfonamides is 1. The molecule has 1 unspecified atom stereocenters. The highest BCUT2D eigenvalue weighted by atomic mass is 32.2. The van der Waals surface area contributed by atoms with Crippen LogP contribution in [0.5, 0.6) is 0 Å². The summed E-state index contributed by atoms with van der Waals surface area (Å²) in [6.07, 6.45) is 5.42. The molecule has 2 fully saturated rings. The molecule has 1 atom stereocenters. The van der Waals surface area contributed by atoms with Gasteiger partial charge in [-0.25, -0.2) is 13.1 Å². The molecule has 2 aliphatic heterocycles. The quantitative estimate of drug-likeness (QED) is 0.749. The van der Waals surface area contributed by atoms with Crippen LogP contribution in [0.15, 0.2) is 0 Å². The predicted octanol–water partition coefficient (Wildman–Crippen LogP) is -0.378. The summed E-state index contributed by atoms with van der Waals surface area (Å²) in [6.45, 7) is 3.47. The molecule has 1 N–H and O–H groups in total. The van der Waals surface area contributed by atoms with Gasteiger partial charge < -0.3 is 4.90 Å². The van der Waals surface area contributed by atoms with E-state index in [2.05, 4.69) is 9.62 Å². The summed E-state index contributed by atoms with van der Waals surface area (Å²) >= 11 is 0. The van der Waals surface area contributed by atoms with Crippen LogP contribution in [0.3, 0.4) is 0 Å². The van der Waals surface area contributed by atoms with Gasteiger partial charge in [-0.05, 0) is 25.8 Å². The fourth-order valence-corrected chi connectivity index (χ4v) is 3.08. The number of amides is 1. The van der Waals surface area contributed by atoms with Gasteiger partial charge in [-0.2, -0.15) is 0 Å². The maximum Gasteiger partial charge on any atom is 0.236 e. The minimum atomic E-state index is -3.16. The number of nitrogens with zero attached hydrogens (tertiary/aromatic N) is 2. The molecular formula is C12H23N3O3S. The molecule has 19 heavy (non-hydrogen) atoms. The first kappa shape index (κ1) is 14.7. The molecule has 0 spiro atoms. The van der Waals surface area contributed by atoms with E-state index in [1.165, 1.54) is 6.26 Å². The smallest absolute Gasteiger partial charge is 0.236 e. The minimum Gasteiger partial charge on any atom is -0.341 e. The third-order valence-electron chi connectivity index (χ3n) is 3.88. The van der Waals surface area contributed by atoms with Crippen molar-refractivity contribution in [3.05, 3.63) is 0 Å². The SMILES string of the molecule is CS(=O)(=O)NCC1CCCCN1CC(=O)N1CCC1. The fraction of sp³-hybridized carbons (Fsp3) is 0.917. The summed E-state index contributed by atoms with van der Waals surface area (Å²) < 4.78 is 24.9. The molecule has 0 aromatic rings. The van der Waals surface area contributed by atoms with Crippen LogP contribution in [0.25, 0.3) is 0 Å². The van der Waals surface area contributed by atoms with E-state index in [1.807, 2.05) is 4.90 Å². The molecule has 6 nitrogen and oxygen atoms in total. The monoisotopic (exact) mass is 289 g/mol. The lowest BCUT2D eigenvalue weighted by Crippen LogP contribution is -2.52. The summed E-state index contributed by atoms with van der Waals surface area (Å²) in [6, 6.07) is 0.147. The first-order valence-electron chi connectivity index (χ1n) is 6.92. The van der Waals surface area contributed by atoms with Crippen molar-refractivity contribution in [2.45, 2.75) is 31.7 Å². The highest BCUT2D eigenvalue weighted by molar-refractivity contribution is 7.88. The number of nitrogens with one attached hydrogen (secondary N) is 1. The van der Waals surface area contributed by atoms with Gasteiger partial charge >= 0.3 is 0 Å². The number of rotatable bonds is 5. The van der Waals surface area contributed by atoms with Gasteiger partial charge in [0.15, 0.2) is 0 Å². The lowest BCUT2D eigenvalue weighted by Gasteiger charge is -2.38. The average molecular weight is 289 g/mol. The van der Waals surface area contributed by atoms with Crippen LogP contribution in [0, 0.1) is 0 Å². The number of hydrogen-bond acceptors (Lipinski definition) is 4. The summed E-state index contributed by atoms with van der Waals surface area (Å²) in [5, 5.41) is 0. The summed E-state index contributed by atoms with van der Waals surface area (Å²) in [4.78, 5) is 16.0. The Hall–Kier alpha value is -0.660. The number of carbonyl (C=O) groups excluding carboxylic acids is 1. The summed E-state index contributed by atoms with van der Waals surface area (Å²) in [5.74, 6) is 0.178. The van der Waals surface area contributed by atoms with Crippen LogP contribution >= 0.6 is 0 Å². The van der Waals surface area contributed by atoms with Gasteiger partial charge in [-0.1, -0.05) is 6.42 Å². The second kappa shape index (κ2) is 6.19. The Morgan fingerprint density at radius 2 is 1.95 bits per heavy atom. The Labute approximate surface area is 115 Å². The lowest BCUT2D eigenvalue weighted by atomic mass is 10.0. The van der Waals surface area contributed by atoms with E-state index < -0.39 is 10.0 Å². The molecule has 0 aromatic heterocycles. The Morgan fingerprint density at radius 3 is 2.53 bits per heavy atom. The molecule has 0 radical (unpaired) electrons. The second-order valence-electron chi connectivity index (χ2n) is 5.48. The van der Waals surface area contributed by atoms with Crippen LogP contribution < -0.4 is 4.72 Å². The van der Waals surface area contributed by atoms with Crippen molar-refractivity contribution >= 4 is 15.9 Å². The largest absolute Gasteiger partial charge is 0.341 e. The molecule has 0 bridgehead atoms. The normalized spacial score (nSPS) is 25.1. The van der Waals surface area contributed by atoms with Crippen molar-refractivity contribution in [2.75, 3.05) is 39.0 Å². The van der Waals surface area contributed by atoms with E-state index >= 15 is 0 Å². The zero-order valence-corrected chi connectivity index (χ0v) is 12.3. The molecule has 2 aliphatic rings. The van der Waals surface area contributed by atoms with E-state index in [9.17, 15) is 13.2 Å². The molecule has 2 heterocycles. The van der Waals surface area contributed by atoms with Crippen LogP contribution in [0.1, 0.15) is 25.7 Å². The van der Waals surface area contributed by atoms with Crippen molar-refractivity contribution in [3.63, 3.8) is 0 Å². The Kier molecular flexibility index (Phi) is 4.81. The maximum absolute atomic E-state index is 12.0. The van der Waals surface area contributed by atoms with Crippen molar-refractivity contribution in [2.24, 2.45) is 0 Å². The van der Waals surface area contributed by atoms with E-state index in [0.29, 0.717) is 13.1 Å². The average Bonchev–Trinajstić information content (AvgIpc) is 2.24. The van der Waals surface area contributed by atoms with Gasteiger partial charge in [-0.3, -0.25) is 9.69 Å². The molecule has 0 saturated carbocycles. The molecule has 7 heteroatoms. The molecule has 2 saturated heterocycles. The number of likely N-dealkylation sites (tertiary alicyclic amines) is 2. The summed E-state index contributed by atoms with van der Waals surface area (Å²) in [7, 11) is -3.16. The van der Waals surface area contributed by atoms with Crippen molar-refractivity contribution in [3.8, 4) is 0 Å². The van der Waals surface area contributed by atoms with Crippen molar-refractivity contribution in [1.29, 1.82) is 0 Å². The highest BCUT2D eigenvalue weighted by Crippen LogP contribution is 2.17. The zero-order chi connectivity index (χ0) is 13.9. The zero-order valence-electron chi connectivity index (χ0n) is 11.5. The molecule has 1 amide bonds. The fourth-order valence-electron chi connectivity index (χ4n) is 2.59. The van der Waals surface area contributed by atoms with Gasteiger partial charge in [-0.15, -0.1) is 0 Å². The van der Waals surface area contributed by atoms with Gasteiger partial charge in [0, 0.05) is 25.7 Å². The highest BCUT2D eigenvalue weighted by Gasteiger charge is 2.28. The third-order valence-corrected chi connectivity index (χ3v) is 4.57. The van der Waals surface area contributed by atoms with E-state index in [0.717, 1.165) is 45.3 Å². The number of hydrogen-bond donors (Lipinski definition) is 1. The first-order chi connectivity index (χ1) is 8.96. The van der Waals surface area contributed by atoms with Crippen molar-refractivity contribution in [1.82, 2.24) is 14.5 Å². The number of piperidine rings is 1. The topological polar surface area (TPSA) is 69.7 Å². The minimum absolute atomic E-state index is 0.147. The second-order valence-corrected chi connectivity index (χ2v) is 7.31. The van der Waals surface area contributed by atoms with Gasteiger partial charge in [0.2, 0.25) is 15.9 Å². The van der Waals surface area contributed by atoms with E-state index in [1.54, 1.807) is 0 Å². The molecule has 0 aliphatic carbocycles. The van der Waals surface area contributed by atoms with Crippen LogP contribution in [0.4, 0.5) is 0 Å².